The summed E-state index contributed by atoms with van der Waals surface area (Å²) in [5.74, 6) is -0.267. The first-order valence-corrected chi connectivity index (χ1v) is 9.28. The lowest BCUT2D eigenvalue weighted by Crippen LogP contribution is -2.54. The van der Waals surface area contributed by atoms with Gasteiger partial charge in [0.15, 0.2) is 0 Å². The summed E-state index contributed by atoms with van der Waals surface area (Å²) in [5.41, 5.74) is 0.866. The summed E-state index contributed by atoms with van der Waals surface area (Å²) in [5, 5.41) is 21.7. The maximum Gasteiger partial charge on any atom is 0.334 e. The third kappa shape index (κ3) is 3.69. The molecule has 0 aromatic heterocycles. The molecule has 0 aliphatic carbocycles. The van der Waals surface area contributed by atoms with Crippen molar-refractivity contribution in [3.05, 3.63) is 22.8 Å². The number of carbonyl (C=O) groups is 1. The molecule has 2 bridgehead atoms. The predicted molar refractivity (Wildman–Crippen MR) is 93.9 cm³/mol. The van der Waals surface area contributed by atoms with Crippen LogP contribution in [-0.4, -0.2) is 45.7 Å². The Hall–Kier alpha value is -1.17. The lowest BCUT2D eigenvalue weighted by molar-refractivity contribution is -0.216. The molecule has 3 aliphatic rings. The van der Waals surface area contributed by atoms with Gasteiger partial charge in [0.05, 0.1) is 23.4 Å². The van der Waals surface area contributed by atoms with Gasteiger partial charge in [-0.25, -0.2) is 4.79 Å². The van der Waals surface area contributed by atoms with Crippen LogP contribution in [0.5, 0.6) is 0 Å². The molecule has 5 atom stereocenters. The Morgan fingerprint density at radius 2 is 1.68 bits per heavy atom. The molecular weight excluding hydrogens is 320 g/mol. The van der Waals surface area contributed by atoms with Crippen LogP contribution >= 0.6 is 0 Å². The maximum absolute atomic E-state index is 12.0. The fourth-order valence-electron chi connectivity index (χ4n) is 4.17. The number of allylic oxidation sites excluding steroid dienone is 1. The molecule has 0 unspecified atom stereocenters. The van der Waals surface area contributed by atoms with Crippen molar-refractivity contribution in [2.45, 2.75) is 95.7 Å². The molecular formula is C20H30O5. The van der Waals surface area contributed by atoms with Crippen molar-refractivity contribution >= 4 is 5.97 Å². The molecule has 3 heterocycles. The molecule has 0 aromatic rings. The SMILES string of the molecule is CC1=C2CC[C@@](C)(O)[C@@H]3CC[C@@](C)(O)[C@H](CC/C(C)=C/[C@@H]2OC1=O)O3. The molecule has 0 amide bonds. The predicted octanol–water partition coefficient (Wildman–Crippen LogP) is 2.80. The smallest absolute Gasteiger partial charge is 0.334 e. The van der Waals surface area contributed by atoms with Crippen molar-refractivity contribution in [3.63, 3.8) is 0 Å². The minimum Gasteiger partial charge on any atom is -0.450 e. The lowest BCUT2D eigenvalue weighted by Gasteiger charge is -2.46. The van der Waals surface area contributed by atoms with Gasteiger partial charge in [-0.3, -0.25) is 0 Å². The second-order valence-electron chi connectivity index (χ2n) is 8.39. The van der Waals surface area contributed by atoms with Crippen LogP contribution in [0, 0.1) is 0 Å². The monoisotopic (exact) mass is 350 g/mol. The van der Waals surface area contributed by atoms with Gasteiger partial charge in [-0.1, -0.05) is 5.57 Å². The molecule has 3 rings (SSSR count). The van der Waals surface area contributed by atoms with Crippen LogP contribution in [0.3, 0.4) is 0 Å². The Morgan fingerprint density at radius 3 is 2.40 bits per heavy atom. The Balaban J connectivity index is 1.92. The Labute approximate surface area is 149 Å². The van der Waals surface area contributed by atoms with Crippen molar-refractivity contribution in [2.24, 2.45) is 0 Å². The zero-order chi connectivity index (χ0) is 18.4. The molecule has 140 valence electrons. The summed E-state index contributed by atoms with van der Waals surface area (Å²) in [6.07, 6.45) is 4.84. The van der Waals surface area contributed by atoms with E-state index in [1.165, 1.54) is 0 Å². The number of fused-ring (bicyclic) bond motifs is 3. The molecule has 0 aromatic carbocycles. The Bertz CT molecular complexity index is 614. The fourth-order valence-corrected chi connectivity index (χ4v) is 4.17. The molecule has 5 nitrogen and oxygen atoms in total. The van der Waals surface area contributed by atoms with Gasteiger partial charge in [-0.2, -0.15) is 0 Å². The van der Waals surface area contributed by atoms with Crippen molar-refractivity contribution in [2.75, 3.05) is 0 Å². The number of esters is 1. The van der Waals surface area contributed by atoms with E-state index < -0.39 is 11.2 Å². The largest absolute Gasteiger partial charge is 0.450 e. The maximum atomic E-state index is 12.0. The standard InChI is InChI=1S/C20H30O5/c1-12-5-6-16-20(4,23)10-8-17(25-16)19(3,22)9-7-14-13(2)18(21)24-15(14)11-12/h11,15-17,22-23H,5-10H2,1-4H3/b12-11+/t15-,16-,17-,19+,20+/m0/s1. The summed E-state index contributed by atoms with van der Waals surface area (Å²) in [7, 11) is 0. The van der Waals surface area contributed by atoms with E-state index in [0.29, 0.717) is 37.7 Å². The first kappa shape index (κ1) is 18.6. The van der Waals surface area contributed by atoms with E-state index in [4.69, 9.17) is 9.47 Å². The highest BCUT2D eigenvalue weighted by atomic mass is 16.5. The van der Waals surface area contributed by atoms with Crippen molar-refractivity contribution in [1.29, 1.82) is 0 Å². The summed E-state index contributed by atoms with van der Waals surface area (Å²) in [6, 6.07) is 0. The molecule has 1 fully saturated rings. The van der Waals surface area contributed by atoms with E-state index >= 15 is 0 Å². The van der Waals surface area contributed by atoms with E-state index in [1.54, 1.807) is 13.8 Å². The van der Waals surface area contributed by atoms with Gasteiger partial charge in [0, 0.05) is 5.57 Å². The zero-order valence-electron chi connectivity index (χ0n) is 15.7. The number of ether oxygens (including phenoxy) is 2. The van der Waals surface area contributed by atoms with E-state index in [2.05, 4.69) is 0 Å². The molecule has 25 heavy (non-hydrogen) atoms. The highest BCUT2D eigenvalue weighted by Crippen LogP contribution is 2.39. The number of hydrogen-bond donors (Lipinski definition) is 2. The van der Waals surface area contributed by atoms with Gasteiger partial charge >= 0.3 is 5.97 Å². The average molecular weight is 350 g/mol. The fraction of sp³-hybridized carbons (Fsp3) is 0.750. The Morgan fingerprint density at radius 1 is 1.04 bits per heavy atom. The summed E-state index contributed by atoms with van der Waals surface area (Å²) in [4.78, 5) is 12.0. The van der Waals surface area contributed by atoms with Crippen LogP contribution < -0.4 is 0 Å². The topological polar surface area (TPSA) is 76.0 Å². The van der Waals surface area contributed by atoms with E-state index in [9.17, 15) is 15.0 Å². The first-order chi connectivity index (χ1) is 11.6. The van der Waals surface area contributed by atoms with Gasteiger partial charge in [0.2, 0.25) is 0 Å². The highest BCUT2D eigenvalue weighted by molar-refractivity contribution is 5.92. The molecule has 0 saturated carbocycles. The van der Waals surface area contributed by atoms with Gasteiger partial charge in [-0.05, 0) is 77.9 Å². The molecule has 0 radical (unpaired) electrons. The zero-order valence-corrected chi connectivity index (χ0v) is 15.7. The second kappa shape index (κ2) is 6.53. The third-order valence-corrected chi connectivity index (χ3v) is 6.13. The summed E-state index contributed by atoms with van der Waals surface area (Å²) < 4.78 is 11.7. The summed E-state index contributed by atoms with van der Waals surface area (Å²) in [6.45, 7) is 7.43. The van der Waals surface area contributed by atoms with Crippen molar-refractivity contribution in [3.8, 4) is 0 Å². The molecule has 2 N–H and O–H groups in total. The molecule has 1 saturated heterocycles. The third-order valence-electron chi connectivity index (χ3n) is 6.13. The second-order valence-corrected chi connectivity index (χ2v) is 8.39. The van der Waals surface area contributed by atoms with E-state index in [0.717, 1.165) is 17.6 Å². The molecule has 5 heteroatoms. The lowest BCUT2D eigenvalue weighted by atomic mass is 9.79. The van der Waals surface area contributed by atoms with Crippen LogP contribution in [0.25, 0.3) is 0 Å². The van der Waals surface area contributed by atoms with Crippen LogP contribution in [0.15, 0.2) is 22.8 Å². The number of hydrogen-bond acceptors (Lipinski definition) is 5. The minimum atomic E-state index is -1.00. The number of aliphatic hydroxyl groups is 2. The Kier molecular flexibility index (Phi) is 4.86. The average Bonchev–Trinajstić information content (AvgIpc) is 2.77. The highest BCUT2D eigenvalue weighted by Gasteiger charge is 2.45. The summed E-state index contributed by atoms with van der Waals surface area (Å²) >= 11 is 0. The number of rotatable bonds is 0. The van der Waals surface area contributed by atoms with Crippen LogP contribution in [0.2, 0.25) is 0 Å². The minimum absolute atomic E-state index is 0.267. The van der Waals surface area contributed by atoms with E-state index in [1.807, 2.05) is 19.9 Å². The van der Waals surface area contributed by atoms with Gasteiger partial charge in [-0.15, -0.1) is 0 Å². The van der Waals surface area contributed by atoms with Crippen molar-refractivity contribution < 1.29 is 24.5 Å². The van der Waals surface area contributed by atoms with Crippen LogP contribution in [0.1, 0.15) is 66.2 Å². The van der Waals surface area contributed by atoms with Gasteiger partial charge < -0.3 is 19.7 Å². The van der Waals surface area contributed by atoms with Crippen molar-refractivity contribution in [1.82, 2.24) is 0 Å². The van der Waals surface area contributed by atoms with E-state index in [-0.39, 0.29) is 24.3 Å². The quantitative estimate of drug-likeness (QED) is 0.519. The van der Waals surface area contributed by atoms with Crippen LogP contribution in [-0.2, 0) is 14.3 Å². The van der Waals surface area contributed by atoms with Crippen LogP contribution in [0.4, 0.5) is 0 Å². The van der Waals surface area contributed by atoms with Gasteiger partial charge in [0.25, 0.3) is 0 Å². The van der Waals surface area contributed by atoms with Gasteiger partial charge in [0.1, 0.15) is 6.10 Å². The normalized spacial score (nSPS) is 45.0. The first-order valence-electron chi connectivity index (χ1n) is 9.28. The number of carbonyl (C=O) groups excluding carboxylic acids is 1. The molecule has 0 spiro atoms. The molecule has 3 aliphatic heterocycles.